The van der Waals surface area contributed by atoms with E-state index in [1.165, 1.54) is 0 Å². The van der Waals surface area contributed by atoms with E-state index in [1.54, 1.807) is 0 Å². The highest BCUT2D eigenvalue weighted by molar-refractivity contribution is 7.91. The Kier molecular flexibility index (Phi) is 3.03. The van der Waals surface area contributed by atoms with Gasteiger partial charge in [-0.15, -0.1) is 0 Å². The Hall–Kier alpha value is -0.170. The van der Waals surface area contributed by atoms with Crippen LogP contribution in [0.2, 0.25) is 0 Å². The normalized spacial score (nSPS) is 41.9. The molecule has 3 atom stereocenters. The van der Waals surface area contributed by atoms with Crippen LogP contribution < -0.4 is 5.32 Å². The van der Waals surface area contributed by atoms with Crippen LogP contribution in [-0.4, -0.2) is 67.8 Å². The maximum atomic E-state index is 11.4. The Morgan fingerprint density at radius 3 is 2.67 bits per heavy atom. The number of aliphatic hydroxyl groups is 1. The second-order valence-electron chi connectivity index (χ2n) is 4.50. The van der Waals surface area contributed by atoms with Gasteiger partial charge in [0.2, 0.25) is 0 Å². The quantitative estimate of drug-likeness (QED) is 0.574. The Morgan fingerprint density at radius 1 is 1.40 bits per heavy atom. The smallest absolute Gasteiger partial charge is 0.154 e. The summed E-state index contributed by atoms with van der Waals surface area (Å²) in [6.07, 6.45) is -0.712. The number of aliphatic hydroxyl groups excluding tert-OH is 1. The van der Waals surface area contributed by atoms with Crippen molar-refractivity contribution in [2.75, 3.05) is 31.1 Å². The Labute approximate surface area is 90.4 Å². The van der Waals surface area contributed by atoms with E-state index in [0.29, 0.717) is 6.04 Å². The van der Waals surface area contributed by atoms with Crippen molar-refractivity contribution in [3.63, 3.8) is 0 Å². The molecule has 0 aromatic heterocycles. The first-order valence-electron chi connectivity index (χ1n) is 5.34. The monoisotopic (exact) mass is 234 g/mol. The fraction of sp³-hybridized carbons (Fsp3) is 1.00. The molecular formula is C9H18N2O3S. The molecule has 2 N–H and O–H groups in total. The van der Waals surface area contributed by atoms with Gasteiger partial charge in [0, 0.05) is 25.7 Å². The van der Waals surface area contributed by atoms with Gasteiger partial charge < -0.3 is 10.4 Å². The highest BCUT2D eigenvalue weighted by Crippen LogP contribution is 2.21. The summed E-state index contributed by atoms with van der Waals surface area (Å²) >= 11 is 0. The van der Waals surface area contributed by atoms with Crippen LogP contribution in [0.15, 0.2) is 0 Å². The minimum atomic E-state index is -3.03. The third-order valence-corrected chi connectivity index (χ3v) is 4.97. The molecule has 5 nitrogen and oxygen atoms in total. The van der Waals surface area contributed by atoms with Gasteiger partial charge in [-0.05, 0) is 6.92 Å². The lowest BCUT2D eigenvalue weighted by Crippen LogP contribution is -2.56. The second kappa shape index (κ2) is 4.01. The highest BCUT2D eigenvalue weighted by atomic mass is 32.2. The number of hydrogen-bond acceptors (Lipinski definition) is 5. The van der Waals surface area contributed by atoms with Gasteiger partial charge in [0.05, 0.1) is 23.7 Å². The van der Waals surface area contributed by atoms with E-state index in [4.69, 9.17) is 0 Å². The molecule has 2 aliphatic heterocycles. The van der Waals surface area contributed by atoms with Crippen molar-refractivity contribution in [3.8, 4) is 0 Å². The molecule has 2 unspecified atom stereocenters. The van der Waals surface area contributed by atoms with Gasteiger partial charge in [0.15, 0.2) is 9.84 Å². The van der Waals surface area contributed by atoms with Crippen LogP contribution in [0.3, 0.4) is 0 Å². The topological polar surface area (TPSA) is 69.6 Å². The molecule has 15 heavy (non-hydrogen) atoms. The van der Waals surface area contributed by atoms with Crippen LogP contribution in [0.5, 0.6) is 0 Å². The van der Waals surface area contributed by atoms with Crippen molar-refractivity contribution in [1.29, 1.82) is 0 Å². The fourth-order valence-corrected chi connectivity index (χ4v) is 4.29. The van der Waals surface area contributed by atoms with Crippen LogP contribution in [-0.2, 0) is 9.84 Å². The molecule has 6 heteroatoms. The third kappa shape index (κ3) is 2.33. The van der Waals surface area contributed by atoms with Gasteiger partial charge in [-0.1, -0.05) is 0 Å². The average molecular weight is 234 g/mol. The van der Waals surface area contributed by atoms with Crippen LogP contribution in [0, 0.1) is 0 Å². The number of piperazine rings is 1. The predicted molar refractivity (Wildman–Crippen MR) is 57.5 cm³/mol. The van der Waals surface area contributed by atoms with Crippen molar-refractivity contribution >= 4 is 9.84 Å². The molecule has 88 valence electrons. The first-order valence-corrected chi connectivity index (χ1v) is 7.17. The molecule has 2 saturated heterocycles. The zero-order valence-corrected chi connectivity index (χ0v) is 9.70. The van der Waals surface area contributed by atoms with Crippen molar-refractivity contribution < 1.29 is 13.5 Å². The van der Waals surface area contributed by atoms with E-state index in [-0.39, 0.29) is 17.5 Å². The molecular weight excluding hydrogens is 216 g/mol. The molecule has 2 rings (SSSR count). The summed E-state index contributed by atoms with van der Waals surface area (Å²) in [7, 11) is -3.03. The average Bonchev–Trinajstić information content (AvgIpc) is 2.40. The van der Waals surface area contributed by atoms with Crippen LogP contribution in [0.1, 0.15) is 6.92 Å². The lowest BCUT2D eigenvalue weighted by molar-refractivity contribution is 0.0469. The Balaban J connectivity index is 2.10. The third-order valence-electron chi connectivity index (χ3n) is 3.27. The molecule has 0 spiro atoms. The van der Waals surface area contributed by atoms with Crippen LogP contribution >= 0.6 is 0 Å². The molecule has 2 fully saturated rings. The lowest BCUT2D eigenvalue weighted by atomic mass is 10.1. The second-order valence-corrected chi connectivity index (χ2v) is 6.66. The van der Waals surface area contributed by atoms with Gasteiger partial charge in [-0.3, -0.25) is 4.90 Å². The number of nitrogens with one attached hydrogen (secondary N) is 1. The van der Waals surface area contributed by atoms with E-state index in [0.717, 1.165) is 19.6 Å². The van der Waals surface area contributed by atoms with Crippen molar-refractivity contribution in [1.82, 2.24) is 10.2 Å². The zero-order chi connectivity index (χ0) is 11.1. The van der Waals surface area contributed by atoms with Crippen molar-refractivity contribution in [2.45, 2.75) is 25.1 Å². The van der Waals surface area contributed by atoms with E-state index >= 15 is 0 Å². The van der Waals surface area contributed by atoms with E-state index in [1.807, 2.05) is 0 Å². The standard InChI is InChI=1S/C9H18N2O3S/c1-7-4-10-2-3-11(7)8-5-15(13,14)6-9(8)12/h7-10,12H,2-6H2,1H3/t7-,8?,9?/m1/s1. The molecule has 0 amide bonds. The predicted octanol–water partition coefficient (Wildman–Crippen LogP) is -1.56. The summed E-state index contributed by atoms with van der Waals surface area (Å²) in [4.78, 5) is 2.12. The molecule has 0 aromatic carbocycles. The van der Waals surface area contributed by atoms with Crippen molar-refractivity contribution in [2.24, 2.45) is 0 Å². The lowest BCUT2D eigenvalue weighted by Gasteiger charge is -2.39. The van der Waals surface area contributed by atoms with Crippen molar-refractivity contribution in [3.05, 3.63) is 0 Å². The fourth-order valence-electron chi connectivity index (χ4n) is 2.48. The van der Waals surface area contributed by atoms with Crippen LogP contribution in [0.4, 0.5) is 0 Å². The SMILES string of the molecule is C[C@@H]1CNCCN1C1CS(=O)(=O)CC1O. The maximum Gasteiger partial charge on any atom is 0.154 e. The zero-order valence-electron chi connectivity index (χ0n) is 8.89. The largest absolute Gasteiger partial charge is 0.390 e. The summed E-state index contributed by atoms with van der Waals surface area (Å²) < 4.78 is 22.8. The van der Waals surface area contributed by atoms with Gasteiger partial charge in [0.25, 0.3) is 0 Å². The minimum absolute atomic E-state index is 0.0751. The van der Waals surface area contributed by atoms with Gasteiger partial charge in [0.1, 0.15) is 0 Å². The van der Waals surface area contributed by atoms with Crippen LogP contribution in [0.25, 0.3) is 0 Å². The molecule has 0 aromatic rings. The summed E-state index contributed by atoms with van der Waals surface area (Å²) in [6.45, 7) is 4.61. The number of sulfone groups is 1. The Bertz CT molecular complexity index is 330. The van der Waals surface area contributed by atoms with E-state index in [9.17, 15) is 13.5 Å². The van der Waals surface area contributed by atoms with Gasteiger partial charge >= 0.3 is 0 Å². The molecule has 2 heterocycles. The summed E-state index contributed by atoms with van der Waals surface area (Å²) in [6, 6.07) is 0.0961. The van der Waals surface area contributed by atoms with E-state index in [2.05, 4.69) is 17.1 Å². The summed E-state index contributed by atoms with van der Waals surface area (Å²) in [5.74, 6) is 0.0345. The number of hydrogen-bond donors (Lipinski definition) is 2. The number of nitrogens with zero attached hydrogens (tertiary/aromatic N) is 1. The number of rotatable bonds is 1. The first-order chi connectivity index (χ1) is 6.99. The summed E-state index contributed by atoms with van der Waals surface area (Å²) in [5.41, 5.74) is 0. The van der Waals surface area contributed by atoms with Gasteiger partial charge in [-0.2, -0.15) is 0 Å². The summed E-state index contributed by atoms with van der Waals surface area (Å²) in [5, 5.41) is 13.0. The molecule has 0 saturated carbocycles. The van der Waals surface area contributed by atoms with E-state index < -0.39 is 15.9 Å². The maximum absolute atomic E-state index is 11.4. The first kappa shape index (κ1) is 11.3. The minimum Gasteiger partial charge on any atom is -0.390 e. The van der Waals surface area contributed by atoms with Gasteiger partial charge in [-0.25, -0.2) is 8.42 Å². The Morgan fingerprint density at radius 2 is 2.13 bits per heavy atom. The molecule has 0 aliphatic carbocycles. The molecule has 2 aliphatic rings. The molecule has 0 bridgehead atoms. The highest BCUT2D eigenvalue weighted by Gasteiger charge is 2.41. The molecule has 0 radical (unpaired) electrons.